The van der Waals surface area contributed by atoms with Gasteiger partial charge in [0.2, 0.25) is 0 Å². The molecule has 1 atom stereocenters. The summed E-state index contributed by atoms with van der Waals surface area (Å²) in [5.74, 6) is -0.619. The number of hydrogen-bond donors (Lipinski definition) is 1. The lowest BCUT2D eigenvalue weighted by Crippen LogP contribution is -2.28. The molecule has 0 radical (unpaired) electrons. The summed E-state index contributed by atoms with van der Waals surface area (Å²) in [6.07, 6.45) is 60.8. The van der Waals surface area contributed by atoms with E-state index in [0.29, 0.717) is 12.8 Å². The second-order valence-electron chi connectivity index (χ2n) is 14.4. The Balaban J connectivity index is 3.59. The van der Waals surface area contributed by atoms with E-state index in [-0.39, 0.29) is 25.2 Å². The molecule has 5 heteroatoms. The molecule has 1 unspecified atom stereocenters. The number of carbonyl (C=O) groups excluding carboxylic acids is 2. The van der Waals surface area contributed by atoms with Gasteiger partial charge in [0.25, 0.3) is 0 Å². The Morgan fingerprint density at radius 3 is 1.20 bits per heavy atom. The van der Waals surface area contributed by atoms with Crippen molar-refractivity contribution < 1.29 is 24.2 Å². The maximum absolute atomic E-state index is 12.2. The Hall–Kier alpha value is -2.92. The Morgan fingerprint density at radius 2 is 0.796 bits per heavy atom. The average molecular weight is 751 g/mol. The maximum atomic E-state index is 12.2. The van der Waals surface area contributed by atoms with Crippen molar-refractivity contribution in [3.8, 4) is 0 Å². The normalized spacial score (nSPS) is 13.0. The topological polar surface area (TPSA) is 72.8 Å². The summed E-state index contributed by atoms with van der Waals surface area (Å²) in [5.41, 5.74) is 0. The number of rotatable bonds is 39. The maximum Gasteiger partial charge on any atom is 0.306 e. The van der Waals surface area contributed by atoms with Gasteiger partial charge in [0.1, 0.15) is 6.61 Å². The van der Waals surface area contributed by atoms with Crippen LogP contribution in [0.4, 0.5) is 0 Å². The molecule has 0 aliphatic carbocycles. The number of esters is 2. The first kappa shape index (κ1) is 51.1. The third-order valence-electron chi connectivity index (χ3n) is 9.17. The van der Waals surface area contributed by atoms with E-state index in [9.17, 15) is 14.7 Å². The van der Waals surface area contributed by atoms with Gasteiger partial charge in [-0.1, -0.05) is 176 Å². The zero-order valence-electron chi connectivity index (χ0n) is 35.0. The van der Waals surface area contributed by atoms with Gasteiger partial charge in [-0.3, -0.25) is 9.59 Å². The lowest BCUT2D eigenvalue weighted by Gasteiger charge is -2.15. The molecule has 0 aliphatic heterocycles. The lowest BCUT2D eigenvalue weighted by molar-refractivity contribution is -0.161. The SMILES string of the molecule is CC/C=C\C/C=C\C/C=C\C/C=C\C/C=C\CCCCCCCCCCCC(=O)OC(CO)COC(=O)CCCCCCC/C=C\C/C=C\CCCCC. The first-order valence-corrected chi connectivity index (χ1v) is 22.1. The highest BCUT2D eigenvalue weighted by molar-refractivity contribution is 5.70. The smallest absolute Gasteiger partial charge is 0.306 e. The number of ether oxygens (including phenoxy) is 2. The van der Waals surface area contributed by atoms with Crippen molar-refractivity contribution in [3.63, 3.8) is 0 Å². The van der Waals surface area contributed by atoms with Gasteiger partial charge in [0, 0.05) is 12.8 Å². The molecule has 0 rings (SSSR count). The molecule has 0 aliphatic rings. The molecule has 0 heterocycles. The third kappa shape index (κ3) is 41.8. The van der Waals surface area contributed by atoms with Gasteiger partial charge >= 0.3 is 11.9 Å². The van der Waals surface area contributed by atoms with Gasteiger partial charge in [0.15, 0.2) is 6.10 Å². The van der Waals surface area contributed by atoms with Crippen molar-refractivity contribution in [1.29, 1.82) is 0 Å². The van der Waals surface area contributed by atoms with Crippen LogP contribution in [0.25, 0.3) is 0 Å². The third-order valence-corrected chi connectivity index (χ3v) is 9.17. The molecule has 5 nitrogen and oxygen atoms in total. The average Bonchev–Trinajstić information content (AvgIpc) is 3.17. The zero-order chi connectivity index (χ0) is 39.3. The van der Waals surface area contributed by atoms with Gasteiger partial charge < -0.3 is 14.6 Å². The van der Waals surface area contributed by atoms with Gasteiger partial charge in [0.05, 0.1) is 6.61 Å². The second-order valence-corrected chi connectivity index (χ2v) is 14.4. The Morgan fingerprint density at radius 1 is 0.444 bits per heavy atom. The van der Waals surface area contributed by atoms with Crippen LogP contribution in [0.15, 0.2) is 85.1 Å². The summed E-state index contributed by atoms with van der Waals surface area (Å²) >= 11 is 0. The van der Waals surface area contributed by atoms with Crippen LogP contribution in [0.1, 0.15) is 194 Å². The Bertz CT molecular complexity index is 1030. The largest absolute Gasteiger partial charge is 0.462 e. The van der Waals surface area contributed by atoms with Crippen LogP contribution in [0.5, 0.6) is 0 Å². The minimum atomic E-state index is -0.785. The molecule has 0 amide bonds. The molecular formula is C49H82O5. The molecule has 54 heavy (non-hydrogen) atoms. The number of allylic oxidation sites excluding steroid dienone is 14. The second kappa shape index (κ2) is 44.5. The van der Waals surface area contributed by atoms with Crippen molar-refractivity contribution in [2.45, 2.75) is 200 Å². The van der Waals surface area contributed by atoms with Crippen molar-refractivity contribution in [2.75, 3.05) is 13.2 Å². The van der Waals surface area contributed by atoms with Gasteiger partial charge in [-0.05, 0) is 89.9 Å². The molecule has 0 aromatic rings. The predicted octanol–water partition coefficient (Wildman–Crippen LogP) is 14.3. The quantitative estimate of drug-likeness (QED) is 0.0385. The van der Waals surface area contributed by atoms with E-state index in [0.717, 1.165) is 83.5 Å². The predicted molar refractivity (Wildman–Crippen MR) is 233 cm³/mol. The highest BCUT2D eigenvalue weighted by atomic mass is 16.6. The van der Waals surface area contributed by atoms with Crippen molar-refractivity contribution in [1.82, 2.24) is 0 Å². The van der Waals surface area contributed by atoms with E-state index in [1.165, 1.54) is 83.5 Å². The fraction of sp³-hybridized carbons (Fsp3) is 0.673. The van der Waals surface area contributed by atoms with Crippen LogP contribution in [0.2, 0.25) is 0 Å². The molecule has 0 aromatic heterocycles. The number of unbranched alkanes of at least 4 members (excludes halogenated alkanes) is 17. The van der Waals surface area contributed by atoms with E-state index in [2.05, 4.69) is 98.9 Å². The highest BCUT2D eigenvalue weighted by Crippen LogP contribution is 2.13. The lowest BCUT2D eigenvalue weighted by atomic mass is 10.1. The van der Waals surface area contributed by atoms with Crippen LogP contribution >= 0.6 is 0 Å². The van der Waals surface area contributed by atoms with Crippen LogP contribution in [-0.4, -0.2) is 36.4 Å². The van der Waals surface area contributed by atoms with E-state index >= 15 is 0 Å². The molecule has 308 valence electrons. The van der Waals surface area contributed by atoms with E-state index in [4.69, 9.17) is 9.47 Å². The summed E-state index contributed by atoms with van der Waals surface area (Å²) in [5, 5.41) is 9.58. The summed E-state index contributed by atoms with van der Waals surface area (Å²) < 4.78 is 10.6. The zero-order valence-corrected chi connectivity index (χ0v) is 35.0. The number of aliphatic hydroxyl groups is 1. The molecule has 0 saturated heterocycles. The highest BCUT2D eigenvalue weighted by Gasteiger charge is 2.16. The standard InChI is InChI=1S/C49H82O5/c1-3-5-7-9-11-13-15-17-19-20-21-22-23-24-25-26-27-28-30-32-34-36-38-40-42-44-49(52)54-47(45-50)46-53-48(51)43-41-39-37-35-33-31-29-18-16-14-12-10-8-6-4-2/h5,7,11-14,17-19,21-22,24-25,29,47,50H,3-4,6,8-10,15-16,20,23,26-28,30-46H2,1-2H3/b7-5-,13-11-,14-12-,19-17-,22-21-,25-24-,29-18-. The molecule has 0 saturated carbocycles. The monoisotopic (exact) mass is 751 g/mol. The molecule has 0 spiro atoms. The molecule has 0 aromatic carbocycles. The van der Waals surface area contributed by atoms with Gasteiger partial charge in [-0.25, -0.2) is 0 Å². The first-order valence-electron chi connectivity index (χ1n) is 22.1. The fourth-order valence-electron chi connectivity index (χ4n) is 5.85. The van der Waals surface area contributed by atoms with Crippen LogP contribution in [0.3, 0.4) is 0 Å². The van der Waals surface area contributed by atoms with E-state index < -0.39 is 6.10 Å². The van der Waals surface area contributed by atoms with Crippen LogP contribution in [-0.2, 0) is 19.1 Å². The summed E-state index contributed by atoms with van der Waals surface area (Å²) in [7, 11) is 0. The Kier molecular flexibility index (Phi) is 42.1. The summed E-state index contributed by atoms with van der Waals surface area (Å²) in [6.45, 7) is 3.97. The molecule has 1 N–H and O–H groups in total. The van der Waals surface area contributed by atoms with Gasteiger partial charge in [-0.15, -0.1) is 0 Å². The minimum absolute atomic E-state index is 0.0797. The minimum Gasteiger partial charge on any atom is -0.462 e. The van der Waals surface area contributed by atoms with Crippen molar-refractivity contribution in [2.24, 2.45) is 0 Å². The number of aliphatic hydroxyl groups excluding tert-OH is 1. The molecule has 0 bridgehead atoms. The first-order chi connectivity index (χ1) is 26.6. The number of hydrogen-bond acceptors (Lipinski definition) is 5. The van der Waals surface area contributed by atoms with Crippen LogP contribution < -0.4 is 0 Å². The molecule has 0 fully saturated rings. The van der Waals surface area contributed by atoms with Crippen molar-refractivity contribution in [3.05, 3.63) is 85.1 Å². The fourth-order valence-corrected chi connectivity index (χ4v) is 5.85. The van der Waals surface area contributed by atoms with E-state index in [1.807, 2.05) is 0 Å². The summed E-state index contributed by atoms with van der Waals surface area (Å²) in [6, 6.07) is 0. The molecular weight excluding hydrogens is 669 g/mol. The van der Waals surface area contributed by atoms with Crippen molar-refractivity contribution >= 4 is 11.9 Å². The Labute approximate surface area is 333 Å². The van der Waals surface area contributed by atoms with Gasteiger partial charge in [-0.2, -0.15) is 0 Å². The number of carbonyl (C=O) groups is 2. The summed E-state index contributed by atoms with van der Waals surface area (Å²) in [4.78, 5) is 24.3. The van der Waals surface area contributed by atoms with Crippen LogP contribution in [0, 0.1) is 0 Å². The van der Waals surface area contributed by atoms with E-state index in [1.54, 1.807) is 0 Å².